The summed E-state index contributed by atoms with van der Waals surface area (Å²) in [5.41, 5.74) is 0.663. The number of hydrogen-bond acceptors (Lipinski definition) is 3. The summed E-state index contributed by atoms with van der Waals surface area (Å²) in [5.74, 6) is -1.67. The standard InChI is InChI=1S/C12H15FO3/c1-3-16-12(15)8(2)6-9-4-5-11(14)10(13)7-9/h4-5,7-8,14H,3,6H2,1-2H3/t8-/m0/s1. The first-order valence-electron chi connectivity index (χ1n) is 5.18. The molecule has 0 amide bonds. The maximum Gasteiger partial charge on any atom is 0.308 e. The average Bonchev–Trinajstić information content (AvgIpc) is 2.24. The Labute approximate surface area is 93.9 Å². The van der Waals surface area contributed by atoms with Gasteiger partial charge in [0.25, 0.3) is 0 Å². The summed E-state index contributed by atoms with van der Waals surface area (Å²) in [6, 6.07) is 4.10. The summed E-state index contributed by atoms with van der Waals surface area (Å²) in [7, 11) is 0. The predicted octanol–water partition coefficient (Wildman–Crippen LogP) is 2.27. The number of phenolic OH excluding ortho intramolecular Hbond substituents is 1. The Hall–Kier alpha value is -1.58. The van der Waals surface area contributed by atoms with Crippen LogP contribution in [0.3, 0.4) is 0 Å². The van der Waals surface area contributed by atoms with Crippen molar-refractivity contribution in [1.82, 2.24) is 0 Å². The lowest BCUT2D eigenvalue weighted by molar-refractivity contribution is -0.147. The Bertz CT molecular complexity index is 377. The molecule has 1 rings (SSSR count). The second-order valence-electron chi connectivity index (χ2n) is 3.64. The number of aromatic hydroxyl groups is 1. The van der Waals surface area contributed by atoms with E-state index in [1.54, 1.807) is 19.9 Å². The Morgan fingerprint density at radius 1 is 1.56 bits per heavy atom. The van der Waals surface area contributed by atoms with E-state index in [4.69, 9.17) is 9.84 Å². The van der Waals surface area contributed by atoms with Gasteiger partial charge in [-0.05, 0) is 31.0 Å². The van der Waals surface area contributed by atoms with Crippen molar-refractivity contribution in [3.8, 4) is 5.75 Å². The molecule has 0 aliphatic rings. The normalized spacial score (nSPS) is 12.2. The molecule has 88 valence electrons. The molecule has 3 nitrogen and oxygen atoms in total. The molecular formula is C12H15FO3. The number of benzene rings is 1. The van der Waals surface area contributed by atoms with Gasteiger partial charge in [-0.25, -0.2) is 4.39 Å². The van der Waals surface area contributed by atoms with Gasteiger partial charge >= 0.3 is 5.97 Å². The van der Waals surface area contributed by atoms with Gasteiger partial charge in [-0.2, -0.15) is 0 Å². The molecule has 0 saturated heterocycles. The van der Waals surface area contributed by atoms with Gasteiger partial charge in [0.1, 0.15) is 0 Å². The molecule has 4 heteroatoms. The molecule has 1 N–H and O–H groups in total. The van der Waals surface area contributed by atoms with Crippen molar-refractivity contribution in [2.45, 2.75) is 20.3 Å². The number of carbonyl (C=O) groups excluding carboxylic acids is 1. The lowest BCUT2D eigenvalue weighted by Gasteiger charge is -2.10. The molecule has 0 aliphatic carbocycles. The van der Waals surface area contributed by atoms with Gasteiger partial charge in [0, 0.05) is 0 Å². The quantitative estimate of drug-likeness (QED) is 0.801. The van der Waals surface area contributed by atoms with Gasteiger partial charge in [-0.1, -0.05) is 13.0 Å². The van der Waals surface area contributed by atoms with Crippen LogP contribution in [0.2, 0.25) is 0 Å². The van der Waals surface area contributed by atoms with Crippen LogP contribution < -0.4 is 0 Å². The molecule has 0 aromatic heterocycles. The van der Waals surface area contributed by atoms with Gasteiger partial charge < -0.3 is 9.84 Å². The summed E-state index contributed by atoms with van der Waals surface area (Å²) in [5, 5.41) is 9.00. The predicted molar refractivity (Wildman–Crippen MR) is 57.6 cm³/mol. The van der Waals surface area contributed by atoms with Crippen molar-refractivity contribution in [2.75, 3.05) is 6.61 Å². The molecule has 0 spiro atoms. The highest BCUT2D eigenvalue weighted by atomic mass is 19.1. The summed E-state index contributed by atoms with van der Waals surface area (Å²) in [4.78, 5) is 11.3. The number of phenols is 1. The van der Waals surface area contributed by atoms with Crippen LogP contribution in [-0.4, -0.2) is 17.7 Å². The van der Waals surface area contributed by atoms with E-state index < -0.39 is 5.82 Å². The SMILES string of the molecule is CCOC(=O)[C@@H](C)Cc1ccc(O)c(F)c1. The van der Waals surface area contributed by atoms with E-state index in [-0.39, 0.29) is 17.6 Å². The smallest absolute Gasteiger partial charge is 0.308 e. The third kappa shape index (κ3) is 3.22. The van der Waals surface area contributed by atoms with Crippen LogP contribution in [0.25, 0.3) is 0 Å². The first kappa shape index (κ1) is 12.5. The molecule has 0 heterocycles. The molecule has 0 unspecified atom stereocenters. The number of halogens is 1. The van der Waals surface area contributed by atoms with Crippen LogP contribution in [0, 0.1) is 11.7 Å². The summed E-state index contributed by atoms with van der Waals surface area (Å²) in [6.45, 7) is 3.81. The summed E-state index contributed by atoms with van der Waals surface area (Å²) in [6.07, 6.45) is 0.399. The Morgan fingerprint density at radius 2 is 2.25 bits per heavy atom. The van der Waals surface area contributed by atoms with E-state index in [1.807, 2.05) is 0 Å². The first-order valence-corrected chi connectivity index (χ1v) is 5.18. The van der Waals surface area contributed by atoms with Crippen LogP contribution >= 0.6 is 0 Å². The molecule has 1 aromatic carbocycles. The average molecular weight is 226 g/mol. The Balaban J connectivity index is 2.66. The van der Waals surface area contributed by atoms with Crippen LogP contribution in [0.5, 0.6) is 5.75 Å². The summed E-state index contributed by atoms with van der Waals surface area (Å²) >= 11 is 0. The van der Waals surface area contributed by atoms with Gasteiger partial charge in [0.2, 0.25) is 0 Å². The number of carbonyl (C=O) groups is 1. The second-order valence-corrected chi connectivity index (χ2v) is 3.64. The van der Waals surface area contributed by atoms with Gasteiger partial charge in [-0.3, -0.25) is 4.79 Å². The monoisotopic (exact) mass is 226 g/mol. The van der Waals surface area contributed by atoms with Crippen molar-refractivity contribution < 1.29 is 19.0 Å². The summed E-state index contributed by atoms with van der Waals surface area (Å²) < 4.78 is 17.9. The van der Waals surface area contributed by atoms with E-state index >= 15 is 0 Å². The van der Waals surface area contributed by atoms with E-state index in [9.17, 15) is 9.18 Å². The second kappa shape index (κ2) is 5.49. The number of ether oxygens (including phenoxy) is 1. The maximum absolute atomic E-state index is 13.0. The van der Waals surface area contributed by atoms with Crippen molar-refractivity contribution >= 4 is 5.97 Å². The van der Waals surface area contributed by atoms with Crippen molar-refractivity contribution in [2.24, 2.45) is 5.92 Å². The molecule has 0 radical (unpaired) electrons. The largest absolute Gasteiger partial charge is 0.505 e. The molecule has 16 heavy (non-hydrogen) atoms. The zero-order chi connectivity index (χ0) is 12.1. The third-order valence-corrected chi connectivity index (χ3v) is 2.24. The highest BCUT2D eigenvalue weighted by Crippen LogP contribution is 2.18. The fourth-order valence-electron chi connectivity index (χ4n) is 1.40. The highest BCUT2D eigenvalue weighted by molar-refractivity contribution is 5.72. The van der Waals surface area contributed by atoms with Crippen molar-refractivity contribution in [3.63, 3.8) is 0 Å². The molecule has 0 fully saturated rings. The van der Waals surface area contributed by atoms with E-state index in [2.05, 4.69) is 0 Å². The molecule has 0 saturated carbocycles. The fourth-order valence-corrected chi connectivity index (χ4v) is 1.40. The lowest BCUT2D eigenvalue weighted by Crippen LogP contribution is -2.16. The van der Waals surface area contributed by atoms with Crippen LogP contribution in [-0.2, 0) is 16.0 Å². The van der Waals surface area contributed by atoms with E-state index in [1.165, 1.54) is 12.1 Å². The van der Waals surface area contributed by atoms with Crippen LogP contribution in [0.1, 0.15) is 19.4 Å². The zero-order valence-corrected chi connectivity index (χ0v) is 9.37. The van der Waals surface area contributed by atoms with Crippen molar-refractivity contribution in [3.05, 3.63) is 29.6 Å². The van der Waals surface area contributed by atoms with Gasteiger partial charge in [-0.15, -0.1) is 0 Å². The van der Waals surface area contributed by atoms with Crippen LogP contribution in [0.15, 0.2) is 18.2 Å². The number of hydrogen-bond donors (Lipinski definition) is 1. The zero-order valence-electron chi connectivity index (χ0n) is 9.37. The maximum atomic E-state index is 13.0. The van der Waals surface area contributed by atoms with E-state index in [0.29, 0.717) is 18.6 Å². The van der Waals surface area contributed by atoms with Gasteiger partial charge in [0.05, 0.1) is 12.5 Å². The highest BCUT2D eigenvalue weighted by Gasteiger charge is 2.15. The molecule has 0 bridgehead atoms. The Morgan fingerprint density at radius 3 is 2.81 bits per heavy atom. The lowest BCUT2D eigenvalue weighted by atomic mass is 10.0. The first-order chi connectivity index (χ1) is 7.54. The fraction of sp³-hybridized carbons (Fsp3) is 0.417. The number of esters is 1. The topological polar surface area (TPSA) is 46.5 Å². The molecular weight excluding hydrogens is 211 g/mol. The number of rotatable bonds is 4. The minimum absolute atomic E-state index is 0.295. The molecule has 0 aliphatic heterocycles. The molecule has 1 atom stereocenters. The van der Waals surface area contributed by atoms with Gasteiger partial charge in [0.15, 0.2) is 11.6 Å². The van der Waals surface area contributed by atoms with Crippen LogP contribution in [0.4, 0.5) is 4.39 Å². The third-order valence-electron chi connectivity index (χ3n) is 2.24. The Kier molecular flexibility index (Phi) is 4.28. The van der Waals surface area contributed by atoms with Crippen molar-refractivity contribution in [1.29, 1.82) is 0 Å². The minimum atomic E-state index is -0.673. The van der Waals surface area contributed by atoms with E-state index in [0.717, 1.165) is 0 Å². The molecule has 1 aromatic rings. The minimum Gasteiger partial charge on any atom is -0.505 e.